The van der Waals surface area contributed by atoms with Gasteiger partial charge >= 0.3 is 0 Å². The van der Waals surface area contributed by atoms with Gasteiger partial charge in [0.25, 0.3) is 0 Å². The maximum atomic E-state index is 11.3. The van der Waals surface area contributed by atoms with Crippen molar-refractivity contribution in [3.8, 4) is 0 Å². The Morgan fingerprint density at radius 1 is 1.27 bits per heavy atom. The fraction of sp³-hybridized carbons (Fsp3) is 0.867. The number of nitrogens with one attached hydrogen (secondary N) is 2. The Hall–Kier alpha value is -0.570. The van der Waals surface area contributed by atoms with Gasteiger partial charge in [-0.15, -0.1) is 24.0 Å². The molecular formula is C15H33IN4O2. The molecule has 0 saturated heterocycles. The average Bonchev–Trinajstić information content (AvgIpc) is 2.39. The highest BCUT2D eigenvalue weighted by atomic mass is 127. The van der Waals surface area contributed by atoms with E-state index < -0.39 is 5.41 Å². The van der Waals surface area contributed by atoms with Crippen molar-refractivity contribution in [3.05, 3.63) is 0 Å². The van der Waals surface area contributed by atoms with E-state index in [2.05, 4.69) is 29.5 Å². The molecular weight excluding hydrogens is 395 g/mol. The standard InChI is InChI=1S/C15H32N4O2.HI/c1-6-17-14(19-11-15(4,5)13(16)20)18-8-10-21-9-7-12(2)3;/h12H,6-11H2,1-5H3,(H2,16,20)(H2,17,18,19);1H. The molecule has 1 amide bonds. The zero-order valence-electron chi connectivity index (χ0n) is 14.6. The second kappa shape index (κ2) is 12.9. The summed E-state index contributed by atoms with van der Waals surface area (Å²) in [5, 5.41) is 6.32. The molecule has 0 rings (SSSR count). The van der Waals surface area contributed by atoms with Crippen LogP contribution in [0.1, 0.15) is 41.0 Å². The lowest BCUT2D eigenvalue weighted by Gasteiger charge is -2.19. The maximum absolute atomic E-state index is 11.3. The van der Waals surface area contributed by atoms with Crippen molar-refractivity contribution in [1.82, 2.24) is 10.6 Å². The lowest BCUT2D eigenvalue weighted by atomic mass is 9.93. The number of hydrogen-bond donors (Lipinski definition) is 3. The molecule has 22 heavy (non-hydrogen) atoms. The molecule has 7 heteroatoms. The third-order valence-corrected chi connectivity index (χ3v) is 3.02. The topological polar surface area (TPSA) is 88.7 Å². The van der Waals surface area contributed by atoms with E-state index in [0.29, 0.717) is 31.6 Å². The van der Waals surface area contributed by atoms with Crippen molar-refractivity contribution in [2.45, 2.75) is 41.0 Å². The zero-order chi connectivity index (χ0) is 16.3. The van der Waals surface area contributed by atoms with E-state index >= 15 is 0 Å². The van der Waals surface area contributed by atoms with Crippen LogP contribution < -0.4 is 16.4 Å². The van der Waals surface area contributed by atoms with Crippen molar-refractivity contribution in [2.75, 3.05) is 32.8 Å². The first-order valence-corrected chi connectivity index (χ1v) is 7.69. The number of primary amides is 1. The Labute approximate surface area is 152 Å². The summed E-state index contributed by atoms with van der Waals surface area (Å²) in [5.74, 6) is 0.992. The van der Waals surface area contributed by atoms with Crippen LogP contribution >= 0.6 is 24.0 Å². The molecule has 0 bridgehead atoms. The predicted molar refractivity (Wildman–Crippen MR) is 103 cm³/mol. The summed E-state index contributed by atoms with van der Waals surface area (Å²) < 4.78 is 5.54. The minimum absolute atomic E-state index is 0. The molecule has 0 spiro atoms. The van der Waals surface area contributed by atoms with Gasteiger partial charge in [-0.1, -0.05) is 13.8 Å². The van der Waals surface area contributed by atoms with Gasteiger partial charge in [-0.3, -0.25) is 9.79 Å². The van der Waals surface area contributed by atoms with Crippen molar-refractivity contribution >= 4 is 35.8 Å². The fourth-order valence-electron chi connectivity index (χ4n) is 1.36. The molecule has 0 radical (unpaired) electrons. The summed E-state index contributed by atoms with van der Waals surface area (Å²) in [6.07, 6.45) is 1.07. The third kappa shape index (κ3) is 12.0. The van der Waals surface area contributed by atoms with Crippen LogP contribution in [0.4, 0.5) is 0 Å². The molecule has 0 aromatic rings. The Kier molecular flexibility index (Phi) is 13.9. The molecule has 0 heterocycles. The first kappa shape index (κ1) is 23.7. The van der Waals surface area contributed by atoms with Gasteiger partial charge in [-0.25, -0.2) is 0 Å². The number of carbonyl (C=O) groups excluding carboxylic acids is 1. The molecule has 0 atom stereocenters. The number of nitrogens with two attached hydrogens (primary N) is 1. The van der Waals surface area contributed by atoms with Crippen LogP contribution in [0, 0.1) is 11.3 Å². The first-order chi connectivity index (χ1) is 9.79. The van der Waals surface area contributed by atoms with Crippen LogP contribution in [-0.2, 0) is 9.53 Å². The highest BCUT2D eigenvalue weighted by Crippen LogP contribution is 2.13. The Bertz CT molecular complexity index is 334. The van der Waals surface area contributed by atoms with Gasteiger partial charge in [0.15, 0.2) is 5.96 Å². The van der Waals surface area contributed by atoms with Crippen molar-refractivity contribution < 1.29 is 9.53 Å². The zero-order valence-corrected chi connectivity index (χ0v) is 16.9. The highest BCUT2D eigenvalue weighted by molar-refractivity contribution is 14.0. The Morgan fingerprint density at radius 3 is 2.41 bits per heavy atom. The van der Waals surface area contributed by atoms with Gasteiger partial charge in [-0.05, 0) is 33.1 Å². The summed E-state index contributed by atoms with van der Waals surface area (Å²) in [5.41, 5.74) is 4.70. The second-order valence-electron chi connectivity index (χ2n) is 6.16. The smallest absolute Gasteiger partial charge is 0.224 e. The molecule has 0 aliphatic rings. The van der Waals surface area contributed by atoms with Gasteiger partial charge in [-0.2, -0.15) is 0 Å². The number of ether oxygens (including phenoxy) is 1. The molecule has 0 aromatic heterocycles. The summed E-state index contributed by atoms with van der Waals surface area (Å²) in [6, 6.07) is 0. The van der Waals surface area contributed by atoms with E-state index in [1.54, 1.807) is 13.8 Å². The van der Waals surface area contributed by atoms with E-state index in [1.807, 2.05) is 6.92 Å². The van der Waals surface area contributed by atoms with E-state index in [1.165, 1.54) is 0 Å². The van der Waals surface area contributed by atoms with E-state index in [4.69, 9.17) is 10.5 Å². The molecule has 6 nitrogen and oxygen atoms in total. The summed E-state index contributed by atoms with van der Waals surface area (Å²) >= 11 is 0. The molecule has 0 aromatic carbocycles. The van der Waals surface area contributed by atoms with E-state index in [-0.39, 0.29) is 29.9 Å². The number of amides is 1. The third-order valence-electron chi connectivity index (χ3n) is 3.02. The average molecular weight is 428 g/mol. The van der Waals surface area contributed by atoms with Crippen LogP contribution in [0.15, 0.2) is 4.99 Å². The molecule has 4 N–H and O–H groups in total. The van der Waals surface area contributed by atoms with Crippen molar-refractivity contribution in [2.24, 2.45) is 22.1 Å². The number of aliphatic imine (C=N–C) groups is 1. The lowest BCUT2D eigenvalue weighted by molar-refractivity contribution is -0.125. The minimum atomic E-state index is -0.643. The second-order valence-corrected chi connectivity index (χ2v) is 6.16. The van der Waals surface area contributed by atoms with Crippen LogP contribution in [0.2, 0.25) is 0 Å². The van der Waals surface area contributed by atoms with Crippen molar-refractivity contribution in [1.29, 1.82) is 0 Å². The number of guanidine groups is 1. The summed E-state index contributed by atoms with van der Waals surface area (Å²) in [7, 11) is 0. The Morgan fingerprint density at radius 2 is 1.91 bits per heavy atom. The Balaban J connectivity index is 0. The number of rotatable bonds is 10. The van der Waals surface area contributed by atoms with E-state index in [9.17, 15) is 4.79 Å². The number of hydrogen-bond acceptors (Lipinski definition) is 3. The molecule has 132 valence electrons. The van der Waals surface area contributed by atoms with Gasteiger partial charge in [0.1, 0.15) is 0 Å². The molecule has 0 fully saturated rings. The van der Waals surface area contributed by atoms with Gasteiger partial charge in [0.2, 0.25) is 5.91 Å². The van der Waals surface area contributed by atoms with E-state index in [0.717, 1.165) is 19.6 Å². The number of carbonyl (C=O) groups is 1. The molecule has 0 aliphatic heterocycles. The van der Waals surface area contributed by atoms with Crippen LogP contribution in [0.5, 0.6) is 0 Å². The van der Waals surface area contributed by atoms with Crippen LogP contribution in [-0.4, -0.2) is 44.7 Å². The van der Waals surface area contributed by atoms with Crippen LogP contribution in [0.3, 0.4) is 0 Å². The molecule has 0 saturated carbocycles. The predicted octanol–water partition coefficient (Wildman–Crippen LogP) is 1.73. The van der Waals surface area contributed by atoms with Gasteiger partial charge in [0.05, 0.1) is 18.6 Å². The van der Waals surface area contributed by atoms with Gasteiger partial charge < -0.3 is 21.1 Å². The largest absolute Gasteiger partial charge is 0.380 e. The maximum Gasteiger partial charge on any atom is 0.224 e. The quantitative estimate of drug-likeness (QED) is 0.214. The van der Waals surface area contributed by atoms with Crippen molar-refractivity contribution in [3.63, 3.8) is 0 Å². The van der Waals surface area contributed by atoms with Crippen LogP contribution in [0.25, 0.3) is 0 Å². The van der Waals surface area contributed by atoms with Gasteiger partial charge in [0, 0.05) is 19.7 Å². The minimum Gasteiger partial charge on any atom is -0.380 e. The molecule has 0 unspecified atom stereocenters. The number of halogens is 1. The normalized spacial score (nSPS) is 12.0. The SMILES string of the molecule is CCNC(=NCC(C)(C)C(N)=O)NCCOCCC(C)C.I. The summed E-state index contributed by atoms with van der Waals surface area (Å²) in [4.78, 5) is 15.7. The first-order valence-electron chi connectivity index (χ1n) is 7.69. The lowest BCUT2D eigenvalue weighted by Crippen LogP contribution is -2.41. The monoisotopic (exact) mass is 428 g/mol. The summed E-state index contributed by atoms with van der Waals surface area (Å²) in [6.45, 7) is 13.1. The molecule has 0 aliphatic carbocycles. The number of nitrogens with zero attached hydrogens (tertiary/aromatic N) is 1. The fourth-order valence-corrected chi connectivity index (χ4v) is 1.36. The highest BCUT2D eigenvalue weighted by Gasteiger charge is 2.24.